The zero-order valence-corrected chi connectivity index (χ0v) is 12.4. The van der Waals surface area contributed by atoms with Gasteiger partial charge in [0.15, 0.2) is 0 Å². The van der Waals surface area contributed by atoms with E-state index in [4.69, 9.17) is 14.6 Å². The zero-order valence-electron chi connectivity index (χ0n) is 12.4. The lowest BCUT2D eigenvalue weighted by atomic mass is 10.0. The summed E-state index contributed by atoms with van der Waals surface area (Å²) >= 11 is 0. The normalized spacial score (nSPS) is 23.1. The van der Waals surface area contributed by atoms with Crippen molar-refractivity contribution in [3.63, 3.8) is 0 Å². The first-order valence-electron chi connectivity index (χ1n) is 6.98. The molecule has 2 unspecified atom stereocenters. The Bertz CT molecular complexity index is 327. The number of methoxy groups -OCH3 is 2. The third-order valence-electron chi connectivity index (χ3n) is 3.27. The summed E-state index contributed by atoms with van der Waals surface area (Å²) < 4.78 is 10.7. The third kappa shape index (κ3) is 4.49. The van der Waals surface area contributed by atoms with Crippen LogP contribution >= 0.6 is 0 Å². The van der Waals surface area contributed by atoms with Crippen molar-refractivity contribution in [3.8, 4) is 0 Å². The lowest BCUT2D eigenvalue weighted by Crippen LogP contribution is -2.37. The van der Waals surface area contributed by atoms with Gasteiger partial charge in [0, 0.05) is 6.61 Å². The molecule has 0 bridgehead atoms. The van der Waals surface area contributed by atoms with Gasteiger partial charge in [0.25, 0.3) is 0 Å². The molecule has 0 aliphatic carbocycles. The van der Waals surface area contributed by atoms with Gasteiger partial charge in [0.05, 0.1) is 14.2 Å². The molecular formula is C14H26N2O3. The summed E-state index contributed by atoms with van der Waals surface area (Å²) in [5.41, 5.74) is 0. The van der Waals surface area contributed by atoms with Crippen molar-refractivity contribution < 1.29 is 14.6 Å². The molecule has 0 aromatic rings. The van der Waals surface area contributed by atoms with Gasteiger partial charge in [-0.15, -0.1) is 0 Å². The Kier molecular flexibility index (Phi) is 6.84. The molecule has 1 rings (SSSR count). The Labute approximate surface area is 115 Å². The van der Waals surface area contributed by atoms with Crippen LogP contribution in [0.25, 0.3) is 0 Å². The van der Waals surface area contributed by atoms with Gasteiger partial charge in [-0.3, -0.25) is 0 Å². The summed E-state index contributed by atoms with van der Waals surface area (Å²) in [4.78, 5) is 9.25. The van der Waals surface area contributed by atoms with Gasteiger partial charge >= 0.3 is 0 Å². The van der Waals surface area contributed by atoms with E-state index < -0.39 is 0 Å². The van der Waals surface area contributed by atoms with Crippen molar-refractivity contribution in [3.05, 3.63) is 0 Å². The monoisotopic (exact) mass is 270 g/mol. The van der Waals surface area contributed by atoms with E-state index in [1.807, 2.05) is 0 Å². The number of aliphatic imine (C=N–C) groups is 2. The standard InChI is InChI=1S/C14H26N2O3/c1-10(2)12-14(19-4)15-11(13(16-12)18-3)8-6-5-7-9-17/h10-12,17H,5-9H2,1-4H3. The molecule has 19 heavy (non-hydrogen) atoms. The van der Waals surface area contributed by atoms with Crippen LogP contribution in [0.4, 0.5) is 0 Å². The average Bonchev–Trinajstić information content (AvgIpc) is 2.42. The minimum Gasteiger partial charge on any atom is -0.483 e. The maximum atomic E-state index is 8.78. The second-order valence-electron chi connectivity index (χ2n) is 5.12. The van der Waals surface area contributed by atoms with Crippen LogP contribution in [0, 0.1) is 5.92 Å². The molecule has 0 radical (unpaired) electrons. The van der Waals surface area contributed by atoms with E-state index >= 15 is 0 Å². The van der Waals surface area contributed by atoms with Gasteiger partial charge < -0.3 is 14.6 Å². The van der Waals surface area contributed by atoms with Crippen LogP contribution in [-0.4, -0.2) is 49.8 Å². The molecule has 2 atom stereocenters. The fourth-order valence-electron chi connectivity index (χ4n) is 2.17. The lowest BCUT2D eigenvalue weighted by Gasteiger charge is -2.27. The summed E-state index contributed by atoms with van der Waals surface area (Å²) in [6.45, 7) is 4.44. The van der Waals surface area contributed by atoms with Crippen LogP contribution in [0.15, 0.2) is 9.98 Å². The first-order chi connectivity index (χ1) is 9.13. The molecule has 5 heteroatoms. The van der Waals surface area contributed by atoms with Crippen molar-refractivity contribution >= 4 is 11.8 Å². The van der Waals surface area contributed by atoms with Gasteiger partial charge in [-0.05, 0) is 18.8 Å². The van der Waals surface area contributed by atoms with Gasteiger partial charge in [0.1, 0.15) is 12.1 Å². The van der Waals surface area contributed by atoms with E-state index in [2.05, 4.69) is 23.8 Å². The lowest BCUT2D eigenvalue weighted by molar-refractivity contribution is 0.281. The van der Waals surface area contributed by atoms with E-state index in [0.29, 0.717) is 17.7 Å². The SMILES string of the molecule is COC1=NC(C(C)C)C(OC)=NC1CCCCCO. The second-order valence-corrected chi connectivity index (χ2v) is 5.12. The Hall–Kier alpha value is -1.10. The predicted octanol–water partition coefficient (Wildman–Crippen LogP) is 2.04. The van der Waals surface area contributed by atoms with E-state index in [0.717, 1.165) is 25.7 Å². The van der Waals surface area contributed by atoms with E-state index in [-0.39, 0.29) is 18.7 Å². The minimum absolute atomic E-state index is 0.0476. The molecule has 1 aliphatic heterocycles. The number of aliphatic hydroxyl groups excluding tert-OH is 1. The smallest absolute Gasteiger partial charge is 0.209 e. The number of nitrogens with zero attached hydrogens (tertiary/aromatic N) is 2. The molecule has 0 saturated carbocycles. The molecule has 1 heterocycles. The van der Waals surface area contributed by atoms with Crippen LogP contribution in [0.2, 0.25) is 0 Å². The summed E-state index contributed by atoms with van der Waals surface area (Å²) in [5.74, 6) is 1.73. The van der Waals surface area contributed by atoms with Crippen molar-refractivity contribution in [2.75, 3.05) is 20.8 Å². The van der Waals surface area contributed by atoms with Crippen LogP contribution in [0.3, 0.4) is 0 Å². The van der Waals surface area contributed by atoms with Crippen molar-refractivity contribution in [1.82, 2.24) is 0 Å². The van der Waals surface area contributed by atoms with Crippen molar-refractivity contribution in [1.29, 1.82) is 0 Å². The second kappa shape index (κ2) is 8.15. The average molecular weight is 270 g/mol. The highest BCUT2D eigenvalue weighted by Crippen LogP contribution is 2.20. The fourth-order valence-corrected chi connectivity index (χ4v) is 2.17. The maximum Gasteiger partial charge on any atom is 0.209 e. The van der Waals surface area contributed by atoms with Gasteiger partial charge in [-0.25, -0.2) is 9.98 Å². The van der Waals surface area contributed by atoms with Crippen LogP contribution in [0.5, 0.6) is 0 Å². The molecule has 0 aromatic carbocycles. The Balaban J connectivity index is 2.69. The highest BCUT2D eigenvalue weighted by Gasteiger charge is 2.30. The van der Waals surface area contributed by atoms with Gasteiger partial charge in [0.2, 0.25) is 11.8 Å². The Morgan fingerprint density at radius 2 is 1.74 bits per heavy atom. The van der Waals surface area contributed by atoms with Crippen LogP contribution in [0.1, 0.15) is 39.5 Å². The Morgan fingerprint density at radius 3 is 2.26 bits per heavy atom. The number of hydrogen-bond donors (Lipinski definition) is 1. The molecule has 0 aromatic heterocycles. The highest BCUT2D eigenvalue weighted by atomic mass is 16.5. The largest absolute Gasteiger partial charge is 0.483 e. The van der Waals surface area contributed by atoms with Gasteiger partial charge in [-0.2, -0.15) is 0 Å². The van der Waals surface area contributed by atoms with Crippen LogP contribution < -0.4 is 0 Å². The minimum atomic E-state index is -0.0476. The molecular weight excluding hydrogens is 244 g/mol. The first-order valence-corrected chi connectivity index (χ1v) is 6.98. The summed E-state index contributed by atoms with van der Waals surface area (Å²) in [6.07, 6.45) is 3.71. The predicted molar refractivity (Wildman–Crippen MR) is 76.9 cm³/mol. The van der Waals surface area contributed by atoms with Crippen LogP contribution in [-0.2, 0) is 9.47 Å². The van der Waals surface area contributed by atoms with E-state index in [9.17, 15) is 0 Å². The molecule has 1 aliphatic rings. The maximum absolute atomic E-state index is 8.78. The first kappa shape index (κ1) is 16.0. The number of unbranched alkanes of at least 4 members (excludes halogenated alkanes) is 2. The number of rotatable bonds is 6. The third-order valence-corrected chi connectivity index (χ3v) is 3.27. The molecule has 0 fully saturated rings. The topological polar surface area (TPSA) is 63.4 Å². The molecule has 1 N–H and O–H groups in total. The van der Waals surface area contributed by atoms with Crippen molar-refractivity contribution in [2.24, 2.45) is 15.9 Å². The zero-order chi connectivity index (χ0) is 14.3. The Morgan fingerprint density at radius 1 is 1.05 bits per heavy atom. The molecule has 5 nitrogen and oxygen atoms in total. The fraction of sp³-hybridized carbons (Fsp3) is 0.857. The van der Waals surface area contributed by atoms with Gasteiger partial charge in [-0.1, -0.05) is 26.7 Å². The number of aliphatic hydroxyl groups is 1. The number of ether oxygens (including phenoxy) is 2. The highest BCUT2D eigenvalue weighted by molar-refractivity contribution is 5.94. The summed E-state index contributed by atoms with van der Waals surface area (Å²) in [6, 6.07) is -0.0951. The molecule has 110 valence electrons. The van der Waals surface area contributed by atoms with E-state index in [1.165, 1.54) is 0 Å². The quantitative estimate of drug-likeness (QED) is 0.751. The number of hydrogen-bond acceptors (Lipinski definition) is 5. The molecule has 0 saturated heterocycles. The van der Waals surface area contributed by atoms with Crippen molar-refractivity contribution in [2.45, 2.75) is 51.6 Å². The summed E-state index contributed by atoms with van der Waals surface area (Å²) in [5, 5.41) is 8.78. The van der Waals surface area contributed by atoms with E-state index in [1.54, 1.807) is 14.2 Å². The molecule has 0 amide bonds. The summed E-state index contributed by atoms with van der Waals surface area (Å²) in [7, 11) is 3.29. The molecule has 0 spiro atoms.